The van der Waals surface area contributed by atoms with Gasteiger partial charge in [0.2, 0.25) is 0 Å². The van der Waals surface area contributed by atoms with Gasteiger partial charge in [-0.1, -0.05) is 48.5 Å². The predicted octanol–water partition coefficient (Wildman–Crippen LogP) is 6.79. The third-order valence-corrected chi connectivity index (χ3v) is 5.69. The molecule has 1 aliphatic heterocycles. The summed E-state index contributed by atoms with van der Waals surface area (Å²) >= 11 is 0. The molecule has 3 aromatic carbocycles. The summed E-state index contributed by atoms with van der Waals surface area (Å²) in [6, 6.07) is 30.3. The summed E-state index contributed by atoms with van der Waals surface area (Å²) in [7, 11) is 0. The first kappa shape index (κ1) is 21.5. The lowest BCUT2D eigenvalue weighted by atomic mass is 10.1. The van der Waals surface area contributed by atoms with Crippen molar-refractivity contribution in [3.8, 4) is 22.8 Å². The van der Waals surface area contributed by atoms with Crippen molar-refractivity contribution in [2.75, 3.05) is 28.6 Å². The van der Waals surface area contributed by atoms with Crippen LogP contribution >= 0.6 is 0 Å². The van der Waals surface area contributed by atoms with E-state index < -0.39 is 0 Å². The van der Waals surface area contributed by atoms with Gasteiger partial charge >= 0.3 is 6.03 Å². The topological polar surface area (TPSA) is 66.5 Å². The lowest BCUT2D eigenvalue weighted by Crippen LogP contribution is -2.20. The Kier molecular flexibility index (Phi) is 6.38. The highest BCUT2D eigenvalue weighted by molar-refractivity contribution is 6.01. The molecule has 2 amide bonds. The maximum Gasteiger partial charge on any atom is 0.323 e. The average Bonchev–Trinajstić information content (AvgIpc) is 3.41. The van der Waals surface area contributed by atoms with E-state index in [0.717, 1.165) is 30.2 Å². The van der Waals surface area contributed by atoms with E-state index in [0.29, 0.717) is 22.9 Å². The zero-order valence-corrected chi connectivity index (χ0v) is 18.8. The number of anilines is 3. The number of para-hydroxylation sites is 3. The fraction of sp³-hybridized carbons (Fsp3) is 0.143. The predicted molar refractivity (Wildman–Crippen MR) is 137 cm³/mol. The SMILES string of the molecule is O=C(Nc1cccc(-c2cccc(N3CCCC3)n2)c1)Nc1ccccc1Oc1ccccc1. The number of carbonyl (C=O) groups is 1. The van der Waals surface area contributed by atoms with Crippen LogP contribution in [0.25, 0.3) is 11.3 Å². The first-order chi connectivity index (χ1) is 16.7. The number of aromatic nitrogens is 1. The monoisotopic (exact) mass is 450 g/mol. The Hall–Kier alpha value is -4.32. The van der Waals surface area contributed by atoms with Crippen molar-refractivity contribution in [3.05, 3.63) is 97.1 Å². The molecule has 2 N–H and O–H groups in total. The number of nitrogens with zero attached hydrogens (tertiary/aromatic N) is 2. The molecular formula is C28H26N4O2. The molecular weight excluding hydrogens is 424 g/mol. The lowest BCUT2D eigenvalue weighted by molar-refractivity contribution is 0.262. The molecule has 2 heterocycles. The number of ether oxygens (including phenoxy) is 1. The number of benzene rings is 3. The number of nitrogens with one attached hydrogen (secondary N) is 2. The highest BCUT2D eigenvalue weighted by Crippen LogP contribution is 2.30. The highest BCUT2D eigenvalue weighted by Gasteiger charge is 2.14. The van der Waals surface area contributed by atoms with Gasteiger partial charge in [-0.15, -0.1) is 0 Å². The van der Waals surface area contributed by atoms with Crippen LogP contribution in [-0.4, -0.2) is 24.1 Å². The van der Waals surface area contributed by atoms with E-state index in [9.17, 15) is 4.79 Å². The minimum atomic E-state index is -0.347. The molecule has 0 bridgehead atoms. The fourth-order valence-corrected chi connectivity index (χ4v) is 4.02. The third kappa shape index (κ3) is 5.18. The van der Waals surface area contributed by atoms with Gasteiger partial charge in [-0.25, -0.2) is 9.78 Å². The molecule has 0 saturated carbocycles. The summed E-state index contributed by atoms with van der Waals surface area (Å²) in [5.74, 6) is 2.27. The molecule has 1 aliphatic rings. The van der Waals surface area contributed by atoms with Crippen LogP contribution in [0.1, 0.15) is 12.8 Å². The minimum Gasteiger partial charge on any atom is -0.455 e. The van der Waals surface area contributed by atoms with Gasteiger partial charge in [0.1, 0.15) is 11.6 Å². The summed E-state index contributed by atoms with van der Waals surface area (Å²) in [6.45, 7) is 2.10. The van der Waals surface area contributed by atoms with E-state index in [-0.39, 0.29) is 6.03 Å². The van der Waals surface area contributed by atoms with Gasteiger partial charge in [-0.3, -0.25) is 0 Å². The summed E-state index contributed by atoms with van der Waals surface area (Å²) in [6.07, 6.45) is 2.42. The second-order valence-electron chi connectivity index (χ2n) is 8.15. The number of pyridine rings is 1. The summed E-state index contributed by atoms with van der Waals surface area (Å²) in [4.78, 5) is 19.9. The van der Waals surface area contributed by atoms with E-state index in [2.05, 4.69) is 21.6 Å². The Morgan fingerprint density at radius 3 is 2.41 bits per heavy atom. The molecule has 0 aliphatic carbocycles. The van der Waals surface area contributed by atoms with Gasteiger partial charge in [-0.2, -0.15) is 0 Å². The summed E-state index contributed by atoms with van der Waals surface area (Å²) in [5.41, 5.74) is 3.10. The zero-order valence-electron chi connectivity index (χ0n) is 18.8. The minimum absolute atomic E-state index is 0.347. The zero-order chi connectivity index (χ0) is 23.2. The molecule has 34 heavy (non-hydrogen) atoms. The van der Waals surface area contributed by atoms with Crippen molar-refractivity contribution in [2.24, 2.45) is 0 Å². The van der Waals surface area contributed by atoms with E-state index >= 15 is 0 Å². The number of carbonyl (C=O) groups excluding carboxylic acids is 1. The van der Waals surface area contributed by atoms with E-state index in [1.165, 1.54) is 12.8 Å². The van der Waals surface area contributed by atoms with Gasteiger partial charge in [-0.05, 0) is 61.4 Å². The van der Waals surface area contributed by atoms with Crippen LogP contribution in [0.15, 0.2) is 97.1 Å². The smallest absolute Gasteiger partial charge is 0.323 e. The molecule has 0 spiro atoms. The molecule has 6 nitrogen and oxygen atoms in total. The molecule has 0 atom stereocenters. The first-order valence-corrected chi connectivity index (χ1v) is 11.5. The van der Waals surface area contributed by atoms with Crippen molar-refractivity contribution >= 4 is 23.2 Å². The first-order valence-electron chi connectivity index (χ1n) is 11.5. The second-order valence-corrected chi connectivity index (χ2v) is 8.15. The molecule has 1 fully saturated rings. The average molecular weight is 451 g/mol. The van der Waals surface area contributed by atoms with Gasteiger partial charge in [0.15, 0.2) is 5.75 Å². The number of amides is 2. The van der Waals surface area contributed by atoms with Gasteiger partial charge in [0, 0.05) is 24.3 Å². The molecule has 0 radical (unpaired) electrons. The van der Waals surface area contributed by atoms with E-state index in [4.69, 9.17) is 9.72 Å². The Bertz CT molecular complexity index is 1270. The number of urea groups is 1. The molecule has 1 aromatic heterocycles. The van der Waals surface area contributed by atoms with Crippen LogP contribution in [0.4, 0.5) is 22.0 Å². The van der Waals surface area contributed by atoms with Crippen LogP contribution in [0.2, 0.25) is 0 Å². The maximum absolute atomic E-state index is 12.8. The van der Waals surface area contributed by atoms with Crippen molar-refractivity contribution < 1.29 is 9.53 Å². The Morgan fingerprint density at radius 2 is 1.56 bits per heavy atom. The highest BCUT2D eigenvalue weighted by atomic mass is 16.5. The molecule has 170 valence electrons. The van der Waals surface area contributed by atoms with Gasteiger partial charge < -0.3 is 20.3 Å². The van der Waals surface area contributed by atoms with E-state index in [1.54, 1.807) is 0 Å². The third-order valence-electron chi connectivity index (χ3n) is 5.69. The standard InChI is InChI=1S/C28H26N4O2/c33-28(31-25-14-4-5-16-26(25)34-23-12-2-1-3-13-23)29-22-11-8-10-21(20-22)24-15-9-17-27(30-24)32-18-6-7-19-32/h1-5,8-17,20H,6-7,18-19H2,(H2,29,31,33). The van der Waals surface area contributed by atoms with Crippen LogP contribution in [-0.2, 0) is 0 Å². The van der Waals surface area contributed by atoms with Crippen molar-refractivity contribution in [1.29, 1.82) is 0 Å². The quantitative estimate of drug-likeness (QED) is 0.340. The molecule has 0 unspecified atom stereocenters. The van der Waals surface area contributed by atoms with Crippen LogP contribution in [0, 0.1) is 0 Å². The van der Waals surface area contributed by atoms with Gasteiger partial charge in [0.05, 0.1) is 11.4 Å². The molecule has 6 heteroatoms. The lowest BCUT2D eigenvalue weighted by Gasteiger charge is -2.17. The Labute approximate surface area is 199 Å². The molecule has 4 aromatic rings. The second kappa shape index (κ2) is 10.1. The summed E-state index contributed by atoms with van der Waals surface area (Å²) in [5, 5.41) is 5.80. The number of hydrogen-bond donors (Lipinski definition) is 2. The Morgan fingerprint density at radius 1 is 0.794 bits per heavy atom. The van der Waals surface area contributed by atoms with E-state index in [1.807, 2.05) is 91.0 Å². The fourth-order valence-electron chi connectivity index (χ4n) is 4.02. The molecule has 5 rings (SSSR count). The summed E-state index contributed by atoms with van der Waals surface area (Å²) < 4.78 is 5.94. The van der Waals surface area contributed by atoms with Crippen molar-refractivity contribution in [1.82, 2.24) is 4.98 Å². The number of hydrogen-bond acceptors (Lipinski definition) is 4. The van der Waals surface area contributed by atoms with Gasteiger partial charge in [0.25, 0.3) is 0 Å². The molecule has 1 saturated heterocycles. The van der Waals surface area contributed by atoms with Crippen LogP contribution < -0.4 is 20.3 Å². The number of rotatable bonds is 6. The van der Waals surface area contributed by atoms with Crippen LogP contribution in [0.3, 0.4) is 0 Å². The van der Waals surface area contributed by atoms with Crippen molar-refractivity contribution in [3.63, 3.8) is 0 Å². The Balaban J connectivity index is 1.29. The maximum atomic E-state index is 12.8. The largest absolute Gasteiger partial charge is 0.455 e. The van der Waals surface area contributed by atoms with Crippen molar-refractivity contribution in [2.45, 2.75) is 12.8 Å². The van der Waals surface area contributed by atoms with Crippen LogP contribution in [0.5, 0.6) is 11.5 Å². The normalized spacial score (nSPS) is 12.9.